The van der Waals surface area contributed by atoms with Gasteiger partial charge in [-0.3, -0.25) is 0 Å². The number of benzene rings is 1. The summed E-state index contributed by atoms with van der Waals surface area (Å²) in [5, 5.41) is 3.42. The molecule has 0 fully saturated rings. The molecule has 0 aromatic heterocycles. The highest BCUT2D eigenvalue weighted by Crippen LogP contribution is 2.24. The van der Waals surface area contributed by atoms with Crippen LogP contribution in [0.25, 0.3) is 0 Å². The van der Waals surface area contributed by atoms with Crippen LogP contribution in [0.1, 0.15) is 27.2 Å². The quantitative estimate of drug-likeness (QED) is 0.774. The Kier molecular flexibility index (Phi) is 4.30. The third kappa shape index (κ3) is 2.95. The highest BCUT2D eigenvalue weighted by molar-refractivity contribution is 5.56. The highest BCUT2D eigenvalue weighted by atomic mass is 16.5. The molecule has 0 aliphatic heterocycles. The maximum Gasteiger partial charge on any atom is 0.142 e. The molecule has 0 amide bonds. The van der Waals surface area contributed by atoms with E-state index in [2.05, 4.69) is 25.2 Å². The Morgan fingerprint density at radius 2 is 2.00 bits per heavy atom. The standard InChI is InChI=1S/C12H19NO/c1-4-10(3)13-11-8-6-7-9-12(11)14-5-2/h6-10,13H,4-5H2,1-3H3. The molecule has 1 N–H and O–H groups in total. The third-order valence-electron chi connectivity index (χ3n) is 2.20. The molecule has 0 saturated carbocycles. The highest BCUT2D eigenvalue weighted by Gasteiger charge is 2.04. The van der Waals surface area contributed by atoms with Crippen LogP contribution in [0.3, 0.4) is 0 Å². The maximum absolute atomic E-state index is 5.52. The molecule has 1 unspecified atom stereocenters. The average Bonchev–Trinajstić information content (AvgIpc) is 2.21. The summed E-state index contributed by atoms with van der Waals surface area (Å²) in [5.74, 6) is 0.940. The Labute approximate surface area is 86.3 Å². The zero-order chi connectivity index (χ0) is 10.4. The van der Waals surface area contributed by atoms with Gasteiger partial charge in [0.05, 0.1) is 12.3 Å². The molecule has 0 saturated heterocycles. The Morgan fingerprint density at radius 1 is 1.29 bits per heavy atom. The molecule has 14 heavy (non-hydrogen) atoms. The fourth-order valence-electron chi connectivity index (χ4n) is 1.23. The second-order valence-corrected chi connectivity index (χ2v) is 3.38. The van der Waals surface area contributed by atoms with Crippen molar-refractivity contribution in [2.24, 2.45) is 0 Å². The summed E-state index contributed by atoms with van der Waals surface area (Å²) < 4.78 is 5.52. The SMILES string of the molecule is CCOc1ccccc1NC(C)CC. The lowest BCUT2D eigenvalue weighted by Crippen LogP contribution is -2.14. The van der Waals surface area contributed by atoms with Gasteiger partial charge >= 0.3 is 0 Å². The van der Waals surface area contributed by atoms with Gasteiger partial charge < -0.3 is 10.1 Å². The van der Waals surface area contributed by atoms with Crippen LogP contribution in [0.15, 0.2) is 24.3 Å². The van der Waals surface area contributed by atoms with E-state index in [9.17, 15) is 0 Å². The molecule has 2 heteroatoms. The van der Waals surface area contributed by atoms with Crippen LogP contribution in [0.4, 0.5) is 5.69 Å². The number of rotatable bonds is 5. The predicted molar refractivity (Wildman–Crippen MR) is 61.0 cm³/mol. The number of para-hydroxylation sites is 2. The van der Waals surface area contributed by atoms with Gasteiger partial charge in [0.1, 0.15) is 5.75 Å². The van der Waals surface area contributed by atoms with Gasteiger partial charge in [0, 0.05) is 6.04 Å². The van der Waals surface area contributed by atoms with E-state index in [4.69, 9.17) is 4.74 Å². The Morgan fingerprint density at radius 3 is 2.64 bits per heavy atom. The fraction of sp³-hybridized carbons (Fsp3) is 0.500. The van der Waals surface area contributed by atoms with Crippen LogP contribution >= 0.6 is 0 Å². The summed E-state index contributed by atoms with van der Waals surface area (Å²) in [6, 6.07) is 8.54. The first kappa shape index (κ1) is 10.9. The molecule has 2 nitrogen and oxygen atoms in total. The Bertz CT molecular complexity index is 273. The van der Waals surface area contributed by atoms with Crippen LogP contribution in [-0.2, 0) is 0 Å². The zero-order valence-electron chi connectivity index (χ0n) is 9.21. The van der Waals surface area contributed by atoms with Crippen molar-refractivity contribution in [2.45, 2.75) is 33.2 Å². The van der Waals surface area contributed by atoms with E-state index in [0.717, 1.165) is 17.9 Å². The average molecular weight is 193 g/mol. The minimum Gasteiger partial charge on any atom is -0.492 e. The van der Waals surface area contributed by atoms with E-state index in [1.54, 1.807) is 0 Å². The van der Waals surface area contributed by atoms with Crippen molar-refractivity contribution in [3.05, 3.63) is 24.3 Å². The molecule has 0 aliphatic carbocycles. The Hall–Kier alpha value is -1.18. The number of hydrogen-bond acceptors (Lipinski definition) is 2. The van der Waals surface area contributed by atoms with Crippen molar-refractivity contribution in [3.8, 4) is 5.75 Å². The molecular weight excluding hydrogens is 174 g/mol. The monoisotopic (exact) mass is 193 g/mol. The summed E-state index contributed by atoms with van der Waals surface area (Å²) >= 11 is 0. The van der Waals surface area contributed by atoms with Crippen LogP contribution in [0.5, 0.6) is 5.75 Å². The fourth-order valence-corrected chi connectivity index (χ4v) is 1.23. The van der Waals surface area contributed by atoms with Gasteiger partial charge in [-0.1, -0.05) is 19.1 Å². The van der Waals surface area contributed by atoms with Crippen molar-refractivity contribution in [2.75, 3.05) is 11.9 Å². The van der Waals surface area contributed by atoms with Crippen LogP contribution in [-0.4, -0.2) is 12.6 Å². The summed E-state index contributed by atoms with van der Waals surface area (Å²) in [4.78, 5) is 0. The van der Waals surface area contributed by atoms with Crippen LogP contribution in [0.2, 0.25) is 0 Å². The smallest absolute Gasteiger partial charge is 0.142 e. The Balaban J connectivity index is 2.73. The molecule has 1 atom stereocenters. The second kappa shape index (κ2) is 5.53. The lowest BCUT2D eigenvalue weighted by molar-refractivity contribution is 0.341. The minimum absolute atomic E-state index is 0.483. The predicted octanol–water partition coefficient (Wildman–Crippen LogP) is 3.30. The molecule has 1 aromatic carbocycles. The summed E-state index contributed by atoms with van der Waals surface area (Å²) in [6.45, 7) is 7.04. The first-order chi connectivity index (χ1) is 6.77. The number of anilines is 1. The van der Waals surface area contributed by atoms with Crippen molar-refractivity contribution in [3.63, 3.8) is 0 Å². The third-order valence-corrected chi connectivity index (χ3v) is 2.20. The van der Waals surface area contributed by atoms with Crippen LogP contribution in [0, 0.1) is 0 Å². The van der Waals surface area contributed by atoms with Crippen molar-refractivity contribution in [1.82, 2.24) is 0 Å². The van der Waals surface area contributed by atoms with E-state index >= 15 is 0 Å². The van der Waals surface area contributed by atoms with Gasteiger partial charge in [0.15, 0.2) is 0 Å². The van der Waals surface area contributed by atoms with E-state index < -0.39 is 0 Å². The lowest BCUT2D eigenvalue weighted by Gasteiger charge is -2.16. The van der Waals surface area contributed by atoms with E-state index in [1.807, 2.05) is 25.1 Å². The summed E-state index contributed by atoms with van der Waals surface area (Å²) in [5.41, 5.74) is 1.09. The van der Waals surface area contributed by atoms with Gasteiger partial charge in [-0.25, -0.2) is 0 Å². The number of nitrogens with one attached hydrogen (secondary N) is 1. The van der Waals surface area contributed by atoms with E-state index in [1.165, 1.54) is 0 Å². The van der Waals surface area contributed by atoms with Gasteiger partial charge in [0.25, 0.3) is 0 Å². The maximum atomic E-state index is 5.52. The van der Waals surface area contributed by atoms with Crippen LogP contribution < -0.4 is 10.1 Å². The molecule has 0 spiro atoms. The number of hydrogen-bond donors (Lipinski definition) is 1. The van der Waals surface area contributed by atoms with Crippen molar-refractivity contribution in [1.29, 1.82) is 0 Å². The van der Waals surface area contributed by atoms with Gasteiger partial charge in [-0.15, -0.1) is 0 Å². The molecule has 0 bridgehead atoms. The normalized spacial score (nSPS) is 12.2. The minimum atomic E-state index is 0.483. The largest absolute Gasteiger partial charge is 0.492 e. The van der Waals surface area contributed by atoms with Crippen molar-refractivity contribution >= 4 is 5.69 Å². The molecule has 0 heterocycles. The van der Waals surface area contributed by atoms with Gasteiger partial charge in [-0.05, 0) is 32.4 Å². The van der Waals surface area contributed by atoms with E-state index in [0.29, 0.717) is 12.6 Å². The zero-order valence-corrected chi connectivity index (χ0v) is 9.21. The molecular formula is C12H19NO. The summed E-state index contributed by atoms with van der Waals surface area (Å²) in [7, 11) is 0. The second-order valence-electron chi connectivity index (χ2n) is 3.38. The van der Waals surface area contributed by atoms with E-state index in [-0.39, 0.29) is 0 Å². The topological polar surface area (TPSA) is 21.3 Å². The summed E-state index contributed by atoms with van der Waals surface area (Å²) in [6.07, 6.45) is 1.11. The van der Waals surface area contributed by atoms with Crippen molar-refractivity contribution < 1.29 is 4.74 Å². The first-order valence-electron chi connectivity index (χ1n) is 5.26. The molecule has 78 valence electrons. The lowest BCUT2D eigenvalue weighted by atomic mass is 10.2. The van der Waals surface area contributed by atoms with Gasteiger partial charge in [0.2, 0.25) is 0 Å². The molecule has 0 aliphatic rings. The first-order valence-corrected chi connectivity index (χ1v) is 5.26. The molecule has 1 rings (SSSR count). The molecule has 0 radical (unpaired) electrons. The van der Waals surface area contributed by atoms with Gasteiger partial charge in [-0.2, -0.15) is 0 Å². The molecule has 1 aromatic rings. The number of ether oxygens (including phenoxy) is 1.